The second kappa shape index (κ2) is 8.38. The minimum Gasteiger partial charge on any atom is -0.478 e. The van der Waals surface area contributed by atoms with Crippen molar-refractivity contribution in [1.29, 1.82) is 0 Å². The Morgan fingerprint density at radius 1 is 0.833 bits per heavy atom. The van der Waals surface area contributed by atoms with Crippen LogP contribution in [0.1, 0.15) is 31.8 Å². The fourth-order valence-electron chi connectivity index (χ4n) is 2.85. The highest BCUT2D eigenvalue weighted by molar-refractivity contribution is 7.92. The van der Waals surface area contributed by atoms with E-state index in [0.29, 0.717) is 11.3 Å². The predicted molar refractivity (Wildman–Crippen MR) is 115 cm³/mol. The lowest BCUT2D eigenvalue weighted by molar-refractivity contribution is 0.0696. The highest BCUT2D eigenvalue weighted by Gasteiger charge is 2.20. The van der Waals surface area contributed by atoms with Crippen molar-refractivity contribution in [3.05, 3.63) is 89.0 Å². The number of nitrogens with one attached hydrogen (secondary N) is 2. The van der Waals surface area contributed by atoms with Gasteiger partial charge >= 0.3 is 5.97 Å². The predicted octanol–water partition coefficient (Wildman–Crippen LogP) is 4.05. The normalized spacial score (nSPS) is 11.0. The fraction of sp³-hybridized carbons (Fsp3) is 0.0909. The highest BCUT2D eigenvalue weighted by Crippen LogP contribution is 2.22. The zero-order chi connectivity index (χ0) is 21.9. The molecular formula is C22H20N2O5S. The number of rotatable bonds is 6. The Morgan fingerprint density at radius 2 is 1.50 bits per heavy atom. The molecule has 0 heterocycles. The number of benzene rings is 3. The van der Waals surface area contributed by atoms with Crippen molar-refractivity contribution >= 4 is 33.3 Å². The maximum Gasteiger partial charge on any atom is 0.335 e. The van der Waals surface area contributed by atoms with Crippen LogP contribution in [0.3, 0.4) is 0 Å². The smallest absolute Gasteiger partial charge is 0.335 e. The van der Waals surface area contributed by atoms with Crippen LogP contribution in [0.5, 0.6) is 0 Å². The summed E-state index contributed by atoms with van der Waals surface area (Å²) in [5, 5.41) is 11.7. The summed E-state index contributed by atoms with van der Waals surface area (Å²) in [6.07, 6.45) is 0. The molecule has 30 heavy (non-hydrogen) atoms. The largest absolute Gasteiger partial charge is 0.478 e. The average molecular weight is 424 g/mol. The van der Waals surface area contributed by atoms with Crippen molar-refractivity contribution < 1.29 is 23.1 Å². The average Bonchev–Trinajstić information content (AvgIpc) is 2.68. The van der Waals surface area contributed by atoms with Crippen LogP contribution in [0, 0.1) is 13.8 Å². The minimum absolute atomic E-state index is 0.0401. The number of aryl methyl sites for hydroxylation is 2. The zero-order valence-corrected chi connectivity index (χ0v) is 17.2. The van der Waals surface area contributed by atoms with Gasteiger partial charge in [-0.15, -0.1) is 0 Å². The molecule has 0 radical (unpaired) electrons. The van der Waals surface area contributed by atoms with Gasteiger partial charge in [0.05, 0.1) is 10.5 Å². The molecule has 3 aromatic rings. The van der Waals surface area contributed by atoms with Crippen molar-refractivity contribution in [2.75, 3.05) is 10.0 Å². The van der Waals surface area contributed by atoms with Gasteiger partial charge in [-0.05, 0) is 73.5 Å². The Morgan fingerprint density at radius 3 is 2.13 bits per heavy atom. The molecule has 8 heteroatoms. The second-order valence-corrected chi connectivity index (χ2v) is 8.44. The molecule has 0 spiro atoms. The molecule has 0 aliphatic carbocycles. The summed E-state index contributed by atoms with van der Waals surface area (Å²) in [5.74, 6) is -1.53. The van der Waals surface area contributed by atoms with Crippen molar-refractivity contribution in [1.82, 2.24) is 0 Å². The molecule has 3 rings (SSSR count). The lowest BCUT2D eigenvalue weighted by atomic mass is 10.1. The number of carbonyl (C=O) groups excluding carboxylic acids is 1. The van der Waals surface area contributed by atoms with E-state index in [0.717, 1.165) is 5.56 Å². The van der Waals surface area contributed by atoms with Crippen LogP contribution in [-0.4, -0.2) is 25.4 Å². The summed E-state index contributed by atoms with van der Waals surface area (Å²) in [5.41, 5.74) is 2.53. The van der Waals surface area contributed by atoms with Gasteiger partial charge in [-0.1, -0.05) is 18.2 Å². The summed E-state index contributed by atoms with van der Waals surface area (Å²) in [6.45, 7) is 3.53. The van der Waals surface area contributed by atoms with Crippen LogP contribution in [-0.2, 0) is 10.0 Å². The van der Waals surface area contributed by atoms with Crippen LogP contribution in [0.25, 0.3) is 0 Å². The number of hydrogen-bond donors (Lipinski definition) is 3. The Hall–Kier alpha value is -3.65. The number of aromatic carboxylic acids is 1. The van der Waals surface area contributed by atoms with Gasteiger partial charge < -0.3 is 10.4 Å². The van der Waals surface area contributed by atoms with Crippen LogP contribution >= 0.6 is 0 Å². The maximum absolute atomic E-state index is 12.9. The highest BCUT2D eigenvalue weighted by atomic mass is 32.2. The number of carboxylic acid groups (broad SMARTS) is 1. The van der Waals surface area contributed by atoms with E-state index in [1.54, 1.807) is 25.1 Å². The molecule has 3 aromatic carbocycles. The van der Waals surface area contributed by atoms with Gasteiger partial charge in [0.2, 0.25) is 0 Å². The van der Waals surface area contributed by atoms with Gasteiger partial charge in [0.1, 0.15) is 0 Å². The van der Waals surface area contributed by atoms with Crippen molar-refractivity contribution in [2.45, 2.75) is 18.7 Å². The number of anilines is 2. The Balaban J connectivity index is 1.86. The third-order valence-corrected chi connectivity index (χ3v) is 5.92. The monoisotopic (exact) mass is 424 g/mol. The van der Waals surface area contributed by atoms with E-state index in [1.165, 1.54) is 30.3 Å². The first-order valence-corrected chi connectivity index (χ1v) is 10.5. The molecule has 0 fully saturated rings. The van der Waals surface area contributed by atoms with Crippen LogP contribution in [0.4, 0.5) is 11.4 Å². The van der Waals surface area contributed by atoms with E-state index < -0.39 is 21.9 Å². The first kappa shape index (κ1) is 21.1. The van der Waals surface area contributed by atoms with Gasteiger partial charge in [0.25, 0.3) is 15.9 Å². The molecule has 3 N–H and O–H groups in total. The van der Waals surface area contributed by atoms with E-state index >= 15 is 0 Å². The molecule has 0 aliphatic rings. The summed E-state index contributed by atoms with van der Waals surface area (Å²) in [4.78, 5) is 23.5. The standard InChI is InChI=1S/C22H20N2O5S/c1-14-4-3-5-19(12-14)23-21(25)17-7-6-15(2)20(13-17)30(28,29)24-18-10-8-16(9-11-18)22(26)27/h3-13,24H,1-2H3,(H,23,25)(H,26,27). The molecule has 0 saturated heterocycles. The zero-order valence-electron chi connectivity index (χ0n) is 16.3. The van der Waals surface area contributed by atoms with Crippen molar-refractivity contribution in [2.24, 2.45) is 0 Å². The summed E-state index contributed by atoms with van der Waals surface area (Å²) >= 11 is 0. The topological polar surface area (TPSA) is 113 Å². The van der Waals surface area contributed by atoms with Gasteiger partial charge in [-0.3, -0.25) is 9.52 Å². The lowest BCUT2D eigenvalue weighted by Gasteiger charge is -2.12. The summed E-state index contributed by atoms with van der Waals surface area (Å²) in [7, 11) is -3.99. The van der Waals surface area contributed by atoms with Gasteiger partial charge in [0, 0.05) is 16.9 Å². The molecule has 0 aromatic heterocycles. The fourth-order valence-corrected chi connectivity index (χ4v) is 4.18. The van der Waals surface area contributed by atoms with Crippen LogP contribution in [0.2, 0.25) is 0 Å². The molecule has 7 nitrogen and oxygen atoms in total. The van der Waals surface area contributed by atoms with E-state index in [9.17, 15) is 18.0 Å². The molecule has 0 unspecified atom stereocenters. The quantitative estimate of drug-likeness (QED) is 0.552. The molecule has 0 saturated carbocycles. The van der Waals surface area contributed by atoms with E-state index in [-0.39, 0.29) is 21.7 Å². The summed E-state index contributed by atoms with van der Waals surface area (Å²) in [6, 6.07) is 17.1. The first-order valence-electron chi connectivity index (χ1n) is 9.00. The Labute approximate surface area is 174 Å². The third kappa shape index (κ3) is 4.84. The number of carbonyl (C=O) groups is 2. The SMILES string of the molecule is Cc1cccc(NC(=O)c2ccc(C)c(S(=O)(=O)Nc3ccc(C(=O)O)cc3)c2)c1. The molecule has 0 aliphatic heterocycles. The number of carboxylic acids is 1. The molecular weight excluding hydrogens is 404 g/mol. The molecule has 0 bridgehead atoms. The van der Waals surface area contributed by atoms with Gasteiger partial charge in [0.15, 0.2) is 0 Å². The van der Waals surface area contributed by atoms with E-state index in [2.05, 4.69) is 10.0 Å². The number of amides is 1. The first-order chi connectivity index (χ1) is 14.2. The Bertz CT molecular complexity index is 1220. The van der Waals surface area contributed by atoms with Crippen molar-refractivity contribution in [3.63, 3.8) is 0 Å². The molecule has 154 valence electrons. The van der Waals surface area contributed by atoms with E-state index in [4.69, 9.17) is 5.11 Å². The maximum atomic E-state index is 12.9. The van der Waals surface area contributed by atoms with Crippen LogP contribution < -0.4 is 10.0 Å². The van der Waals surface area contributed by atoms with E-state index in [1.807, 2.05) is 25.1 Å². The number of sulfonamides is 1. The molecule has 0 atom stereocenters. The second-order valence-electron chi connectivity index (χ2n) is 6.79. The minimum atomic E-state index is -3.99. The lowest BCUT2D eigenvalue weighted by Crippen LogP contribution is -2.17. The third-order valence-electron chi connectivity index (χ3n) is 4.40. The van der Waals surface area contributed by atoms with Gasteiger partial charge in [-0.2, -0.15) is 0 Å². The Kier molecular flexibility index (Phi) is 5.89. The van der Waals surface area contributed by atoms with Gasteiger partial charge in [-0.25, -0.2) is 13.2 Å². The number of hydrogen-bond acceptors (Lipinski definition) is 4. The molecule has 1 amide bonds. The van der Waals surface area contributed by atoms with Crippen molar-refractivity contribution in [3.8, 4) is 0 Å². The summed E-state index contributed by atoms with van der Waals surface area (Å²) < 4.78 is 28.1. The van der Waals surface area contributed by atoms with Crippen LogP contribution in [0.15, 0.2) is 71.6 Å².